The van der Waals surface area contributed by atoms with E-state index in [4.69, 9.17) is 19.4 Å². The maximum absolute atomic E-state index is 6.05. The van der Waals surface area contributed by atoms with Crippen molar-refractivity contribution in [2.45, 2.75) is 131 Å². The van der Waals surface area contributed by atoms with Gasteiger partial charge in [0.15, 0.2) is 0 Å². The second-order valence-electron chi connectivity index (χ2n) is 14.5. The van der Waals surface area contributed by atoms with Crippen LogP contribution in [0.2, 0.25) is 51.4 Å². The van der Waals surface area contributed by atoms with Crippen molar-refractivity contribution in [3.8, 4) is 0 Å². The average Bonchev–Trinajstić information content (AvgIpc) is 3.51. The van der Waals surface area contributed by atoms with Gasteiger partial charge in [-0.05, 0) is 74.2 Å². The van der Waals surface area contributed by atoms with Gasteiger partial charge in [-0.1, -0.05) is 91.3 Å². The van der Waals surface area contributed by atoms with E-state index in [1.807, 2.05) is 27.7 Å². The van der Waals surface area contributed by atoms with Gasteiger partial charge in [0.25, 0.3) is 0 Å². The van der Waals surface area contributed by atoms with Gasteiger partial charge in [0.1, 0.15) is 25.1 Å². The number of nitrogens with zero attached hydrogens (tertiary/aromatic N) is 4. The standard InChI is InChI=1S/C34H50N4O2Si2.2C2H6/c1-25-35-31-21-29(13-15-33(31)37(25)23-39-17-19-41(3,4)5)27-9-11-28(12-10-27)30-14-16-34-32(22-30)36-26(2)38(34)24-40-18-20-42(6,7)8;2*1-2/h9,11,13-16,21-22,27-28H,10,12,17-20,23-24H2,1-8H3;2*1-2H3. The Bertz CT molecular complexity index is 1440. The molecule has 0 fully saturated rings. The highest BCUT2D eigenvalue weighted by atomic mass is 28.3. The van der Waals surface area contributed by atoms with Crippen LogP contribution in [0, 0.1) is 13.8 Å². The molecule has 4 aromatic rings. The third-order valence-corrected chi connectivity index (χ3v) is 12.0. The van der Waals surface area contributed by atoms with Crippen molar-refractivity contribution in [1.82, 2.24) is 19.1 Å². The number of fused-ring (bicyclic) bond motifs is 2. The Balaban J connectivity index is 0.00000139. The van der Waals surface area contributed by atoms with Gasteiger partial charge in [0, 0.05) is 41.2 Å². The van der Waals surface area contributed by atoms with Gasteiger partial charge >= 0.3 is 0 Å². The lowest BCUT2D eigenvalue weighted by molar-refractivity contribution is 0.0884. The minimum atomic E-state index is -1.09. The number of allylic oxidation sites excluding steroid dienone is 2. The Kier molecular flexibility index (Phi) is 14.1. The first-order valence-electron chi connectivity index (χ1n) is 17.7. The smallest absolute Gasteiger partial charge is 0.124 e. The van der Waals surface area contributed by atoms with Crippen molar-refractivity contribution in [1.29, 1.82) is 0 Å². The Morgan fingerprint density at radius 3 is 1.33 bits per heavy atom. The highest BCUT2D eigenvalue weighted by Gasteiger charge is 2.21. The van der Waals surface area contributed by atoms with Crippen LogP contribution in [0.5, 0.6) is 0 Å². The first-order chi connectivity index (χ1) is 21.9. The maximum atomic E-state index is 6.05. The van der Waals surface area contributed by atoms with Crippen molar-refractivity contribution in [2.75, 3.05) is 13.2 Å². The van der Waals surface area contributed by atoms with Crippen LogP contribution in [-0.4, -0.2) is 48.5 Å². The van der Waals surface area contributed by atoms with Crippen LogP contribution in [0.1, 0.15) is 75.1 Å². The SMILES string of the molecule is CC.CC.Cc1nc2cc(C3C=CC(c4ccc5c(c4)nc(C)n5COCC[Si](C)(C)C)CC3)ccc2n1COCC[Si](C)(C)C. The fourth-order valence-corrected chi connectivity index (χ4v) is 7.28. The second kappa shape index (κ2) is 17.0. The van der Waals surface area contributed by atoms with E-state index in [2.05, 4.69) is 111 Å². The number of ether oxygens (including phenoxy) is 2. The molecular formula is C38H62N4O2Si2. The first-order valence-corrected chi connectivity index (χ1v) is 25.1. The quantitative estimate of drug-likeness (QED) is 0.0860. The van der Waals surface area contributed by atoms with E-state index in [-0.39, 0.29) is 0 Å². The van der Waals surface area contributed by atoms with Gasteiger partial charge in [-0.25, -0.2) is 9.97 Å². The number of aryl methyl sites for hydroxylation is 2. The number of benzene rings is 2. The Morgan fingerprint density at radius 1 is 0.630 bits per heavy atom. The van der Waals surface area contributed by atoms with Crippen LogP contribution in [0.25, 0.3) is 22.1 Å². The summed E-state index contributed by atoms with van der Waals surface area (Å²) in [5.74, 6) is 2.87. The number of hydrogen-bond acceptors (Lipinski definition) is 4. The molecule has 6 nitrogen and oxygen atoms in total. The summed E-state index contributed by atoms with van der Waals surface area (Å²) in [4.78, 5) is 9.76. The Hall–Kier alpha value is -2.53. The zero-order chi connectivity index (χ0) is 34.1. The van der Waals surface area contributed by atoms with Crippen LogP contribution < -0.4 is 0 Å². The van der Waals surface area contributed by atoms with Crippen molar-refractivity contribution in [3.05, 3.63) is 71.3 Å². The predicted molar refractivity (Wildman–Crippen MR) is 204 cm³/mol. The summed E-state index contributed by atoms with van der Waals surface area (Å²) in [5.41, 5.74) is 7.14. The molecule has 0 bridgehead atoms. The van der Waals surface area contributed by atoms with Gasteiger partial charge in [-0.3, -0.25) is 0 Å². The zero-order valence-electron chi connectivity index (χ0n) is 31.0. The molecule has 2 atom stereocenters. The summed E-state index contributed by atoms with van der Waals surface area (Å²) < 4.78 is 16.5. The molecule has 0 spiro atoms. The van der Waals surface area contributed by atoms with Gasteiger partial charge in [0.05, 0.1) is 22.1 Å². The predicted octanol–water partition coefficient (Wildman–Crippen LogP) is 10.9. The number of hydrogen-bond donors (Lipinski definition) is 0. The lowest BCUT2D eigenvalue weighted by Gasteiger charge is -2.23. The summed E-state index contributed by atoms with van der Waals surface area (Å²) in [6, 6.07) is 16.0. The van der Waals surface area contributed by atoms with Crippen molar-refractivity contribution >= 4 is 38.2 Å². The lowest BCUT2D eigenvalue weighted by Crippen LogP contribution is -2.22. The maximum Gasteiger partial charge on any atom is 0.124 e. The molecule has 0 saturated carbocycles. The molecule has 0 radical (unpaired) electrons. The normalized spacial score (nSPS) is 16.7. The van der Waals surface area contributed by atoms with Crippen molar-refractivity contribution in [2.24, 2.45) is 0 Å². The van der Waals surface area contributed by atoms with Crippen molar-refractivity contribution in [3.63, 3.8) is 0 Å². The average molecular weight is 663 g/mol. The van der Waals surface area contributed by atoms with E-state index in [9.17, 15) is 0 Å². The molecule has 46 heavy (non-hydrogen) atoms. The molecule has 2 aromatic carbocycles. The summed E-state index contributed by atoms with van der Waals surface area (Å²) >= 11 is 0. The van der Waals surface area contributed by atoms with Crippen LogP contribution in [0.15, 0.2) is 48.6 Å². The molecular weight excluding hydrogens is 601 g/mol. The molecule has 0 aliphatic heterocycles. The van der Waals surface area contributed by atoms with Gasteiger partial charge in [-0.2, -0.15) is 0 Å². The third kappa shape index (κ3) is 10.2. The molecule has 0 saturated heterocycles. The highest BCUT2D eigenvalue weighted by Crippen LogP contribution is 2.37. The Morgan fingerprint density at radius 2 is 1.00 bits per heavy atom. The van der Waals surface area contributed by atoms with Crippen LogP contribution in [-0.2, 0) is 22.9 Å². The molecule has 2 unspecified atom stereocenters. The molecule has 8 heteroatoms. The van der Waals surface area contributed by atoms with E-state index in [0.717, 1.165) is 59.8 Å². The fourth-order valence-electron chi connectivity index (χ4n) is 5.77. The number of aromatic nitrogens is 4. The van der Waals surface area contributed by atoms with E-state index in [1.54, 1.807) is 0 Å². The molecule has 1 aliphatic rings. The summed E-state index contributed by atoms with van der Waals surface area (Å²) in [7, 11) is -2.18. The topological polar surface area (TPSA) is 54.1 Å². The molecule has 254 valence electrons. The van der Waals surface area contributed by atoms with Gasteiger partial charge < -0.3 is 18.6 Å². The highest BCUT2D eigenvalue weighted by molar-refractivity contribution is 6.76. The largest absolute Gasteiger partial charge is 0.361 e. The molecule has 1 aliphatic carbocycles. The van der Waals surface area contributed by atoms with Gasteiger partial charge in [0.2, 0.25) is 0 Å². The molecule has 0 N–H and O–H groups in total. The van der Waals surface area contributed by atoms with Gasteiger partial charge in [-0.15, -0.1) is 0 Å². The summed E-state index contributed by atoms with van der Waals surface area (Å²) in [6.07, 6.45) is 7.06. The molecule has 5 rings (SSSR count). The van der Waals surface area contributed by atoms with E-state index in [1.165, 1.54) is 23.2 Å². The number of rotatable bonds is 12. The van der Waals surface area contributed by atoms with E-state index < -0.39 is 16.1 Å². The second-order valence-corrected chi connectivity index (χ2v) is 25.8. The summed E-state index contributed by atoms with van der Waals surface area (Å²) in [5, 5.41) is 0. The van der Waals surface area contributed by atoms with E-state index in [0.29, 0.717) is 25.3 Å². The zero-order valence-corrected chi connectivity index (χ0v) is 33.0. The summed E-state index contributed by atoms with van der Waals surface area (Å²) in [6.45, 7) is 29.3. The minimum Gasteiger partial charge on any atom is -0.361 e. The first kappa shape index (κ1) is 37.9. The van der Waals surface area contributed by atoms with E-state index >= 15 is 0 Å². The molecule has 2 heterocycles. The van der Waals surface area contributed by atoms with Crippen LogP contribution in [0.4, 0.5) is 0 Å². The minimum absolute atomic E-state index is 0.419. The Labute approximate surface area is 281 Å². The van der Waals surface area contributed by atoms with Crippen molar-refractivity contribution < 1.29 is 9.47 Å². The molecule has 2 aromatic heterocycles. The number of imidazole rings is 2. The van der Waals surface area contributed by atoms with Crippen LogP contribution in [0.3, 0.4) is 0 Å². The monoisotopic (exact) mass is 662 g/mol. The lowest BCUT2D eigenvalue weighted by atomic mass is 9.81. The molecule has 0 amide bonds. The fraction of sp³-hybridized carbons (Fsp3) is 0.579. The third-order valence-electron chi connectivity index (χ3n) is 8.58. The van der Waals surface area contributed by atoms with Crippen LogP contribution >= 0.6 is 0 Å².